The number of nitrogens with one attached hydrogen (secondary N) is 1. The van der Waals surface area contributed by atoms with Gasteiger partial charge in [0.2, 0.25) is 5.91 Å². The van der Waals surface area contributed by atoms with Crippen molar-refractivity contribution < 1.29 is 9.59 Å². The summed E-state index contributed by atoms with van der Waals surface area (Å²) in [5.74, 6) is -0.0425. The van der Waals surface area contributed by atoms with Gasteiger partial charge in [0.05, 0.1) is 6.04 Å². The SMILES string of the molecule is CC(C)N1C2CCC1CN(C(=O)c1ccc3c(c1)CCC(N)C(=O)N3)CC2. The fourth-order valence-electron chi connectivity index (χ4n) is 5.04. The summed E-state index contributed by atoms with van der Waals surface area (Å²) in [4.78, 5) is 29.8. The van der Waals surface area contributed by atoms with Gasteiger partial charge in [-0.1, -0.05) is 0 Å². The number of likely N-dealkylation sites (tertiary alicyclic amines) is 1. The number of hydrogen-bond acceptors (Lipinski definition) is 4. The van der Waals surface area contributed by atoms with Gasteiger partial charge in [-0.3, -0.25) is 14.5 Å². The van der Waals surface area contributed by atoms with Crippen LogP contribution in [0.3, 0.4) is 0 Å². The summed E-state index contributed by atoms with van der Waals surface area (Å²) in [6.45, 7) is 6.15. The van der Waals surface area contributed by atoms with Crippen LogP contribution in [0.15, 0.2) is 18.2 Å². The molecule has 6 nitrogen and oxygen atoms in total. The van der Waals surface area contributed by atoms with E-state index in [2.05, 4.69) is 24.1 Å². The van der Waals surface area contributed by atoms with Crippen LogP contribution in [-0.4, -0.2) is 58.9 Å². The zero-order valence-corrected chi connectivity index (χ0v) is 16.3. The maximum atomic E-state index is 13.2. The van der Waals surface area contributed by atoms with E-state index in [-0.39, 0.29) is 11.8 Å². The summed E-state index contributed by atoms with van der Waals surface area (Å²) in [6.07, 6.45) is 4.80. The molecule has 2 saturated heterocycles. The standard InChI is InChI=1S/C21H30N4O2/c1-13(2)25-16-5-6-17(25)12-24(10-9-16)21(27)15-4-8-19-14(11-15)3-7-18(22)20(26)23-19/h4,8,11,13,16-18H,3,5-7,9-10,12,22H2,1-2H3,(H,23,26). The number of carbonyl (C=O) groups excluding carboxylic acids is 2. The van der Waals surface area contributed by atoms with E-state index in [4.69, 9.17) is 5.73 Å². The molecule has 3 N–H and O–H groups in total. The maximum Gasteiger partial charge on any atom is 0.253 e. The Labute approximate surface area is 161 Å². The quantitative estimate of drug-likeness (QED) is 0.834. The third-order valence-corrected chi connectivity index (χ3v) is 6.39. The third-order valence-electron chi connectivity index (χ3n) is 6.39. The number of anilines is 1. The van der Waals surface area contributed by atoms with Crippen molar-refractivity contribution in [1.29, 1.82) is 0 Å². The molecule has 6 heteroatoms. The summed E-state index contributed by atoms with van der Waals surface area (Å²) < 4.78 is 0. The molecule has 3 aliphatic rings. The van der Waals surface area contributed by atoms with Crippen LogP contribution in [0.2, 0.25) is 0 Å². The number of benzene rings is 1. The van der Waals surface area contributed by atoms with Crippen LogP contribution in [0.25, 0.3) is 0 Å². The molecular weight excluding hydrogens is 340 g/mol. The van der Waals surface area contributed by atoms with Crippen molar-refractivity contribution in [2.24, 2.45) is 5.73 Å². The molecule has 3 unspecified atom stereocenters. The highest BCUT2D eigenvalue weighted by atomic mass is 16.2. The Hall–Kier alpha value is -1.92. The molecule has 0 spiro atoms. The molecule has 1 aromatic carbocycles. The molecule has 3 heterocycles. The lowest BCUT2D eigenvalue weighted by atomic mass is 10.0. The van der Waals surface area contributed by atoms with Crippen molar-refractivity contribution in [3.8, 4) is 0 Å². The Morgan fingerprint density at radius 3 is 2.74 bits per heavy atom. The topological polar surface area (TPSA) is 78.7 Å². The average Bonchev–Trinajstić information content (AvgIpc) is 2.86. The van der Waals surface area contributed by atoms with Crippen molar-refractivity contribution >= 4 is 17.5 Å². The van der Waals surface area contributed by atoms with Gasteiger partial charge in [0.1, 0.15) is 0 Å². The summed E-state index contributed by atoms with van der Waals surface area (Å²) in [5, 5.41) is 2.87. The van der Waals surface area contributed by atoms with E-state index in [0.717, 1.165) is 30.8 Å². The minimum atomic E-state index is -0.486. The van der Waals surface area contributed by atoms with E-state index in [1.807, 2.05) is 23.1 Å². The molecule has 3 aliphatic heterocycles. The zero-order chi connectivity index (χ0) is 19.1. The van der Waals surface area contributed by atoms with E-state index >= 15 is 0 Å². The van der Waals surface area contributed by atoms with E-state index in [1.165, 1.54) is 12.8 Å². The van der Waals surface area contributed by atoms with Gasteiger partial charge in [0.25, 0.3) is 5.91 Å². The Balaban J connectivity index is 1.53. The van der Waals surface area contributed by atoms with Gasteiger partial charge in [-0.25, -0.2) is 0 Å². The van der Waals surface area contributed by atoms with E-state index in [9.17, 15) is 9.59 Å². The fraction of sp³-hybridized carbons (Fsp3) is 0.619. The van der Waals surface area contributed by atoms with Crippen molar-refractivity contribution in [2.75, 3.05) is 18.4 Å². The number of fused-ring (bicyclic) bond motifs is 3. The largest absolute Gasteiger partial charge is 0.337 e. The lowest BCUT2D eigenvalue weighted by Crippen LogP contribution is -2.44. The molecule has 2 bridgehead atoms. The molecule has 3 atom stereocenters. The highest BCUT2D eigenvalue weighted by molar-refractivity contribution is 5.98. The Bertz CT molecular complexity index is 748. The second kappa shape index (κ2) is 7.24. The minimum absolute atomic E-state index is 0.105. The highest BCUT2D eigenvalue weighted by Gasteiger charge is 2.39. The van der Waals surface area contributed by atoms with Crippen molar-refractivity contribution in [3.63, 3.8) is 0 Å². The van der Waals surface area contributed by atoms with Crippen LogP contribution in [0.5, 0.6) is 0 Å². The van der Waals surface area contributed by atoms with E-state index < -0.39 is 6.04 Å². The number of aryl methyl sites for hydroxylation is 1. The molecule has 2 amide bonds. The molecule has 1 aromatic rings. The number of carbonyl (C=O) groups is 2. The smallest absolute Gasteiger partial charge is 0.253 e. The number of nitrogens with zero attached hydrogens (tertiary/aromatic N) is 2. The Morgan fingerprint density at radius 2 is 1.96 bits per heavy atom. The lowest BCUT2D eigenvalue weighted by molar-refractivity contribution is -0.117. The first kappa shape index (κ1) is 18.4. The first-order valence-corrected chi connectivity index (χ1v) is 10.2. The van der Waals surface area contributed by atoms with E-state index in [1.54, 1.807) is 0 Å². The fourth-order valence-corrected chi connectivity index (χ4v) is 5.04. The highest BCUT2D eigenvalue weighted by Crippen LogP contribution is 2.33. The normalized spacial score (nSPS) is 28.5. The van der Waals surface area contributed by atoms with Crippen molar-refractivity contribution in [2.45, 2.75) is 70.1 Å². The molecule has 4 rings (SSSR count). The first-order valence-electron chi connectivity index (χ1n) is 10.2. The molecule has 27 heavy (non-hydrogen) atoms. The van der Waals surface area contributed by atoms with Crippen LogP contribution in [-0.2, 0) is 11.2 Å². The second-order valence-corrected chi connectivity index (χ2v) is 8.47. The molecule has 2 fully saturated rings. The predicted octanol–water partition coefficient (Wildman–Crippen LogP) is 1.99. The van der Waals surface area contributed by atoms with Gasteiger partial charge in [-0.15, -0.1) is 0 Å². The average molecular weight is 370 g/mol. The van der Waals surface area contributed by atoms with Crippen LogP contribution in [0.4, 0.5) is 5.69 Å². The lowest BCUT2D eigenvalue weighted by Gasteiger charge is -2.32. The molecular formula is C21H30N4O2. The molecule has 0 aromatic heterocycles. The monoisotopic (exact) mass is 370 g/mol. The number of amides is 2. The van der Waals surface area contributed by atoms with Crippen LogP contribution >= 0.6 is 0 Å². The van der Waals surface area contributed by atoms with Gasteiger partial charge >= 0.3 is 0 Å². The summed E-state index contributed by atoms with van der Waals surface area (Å²) in [5.41, 5.74) is 8.37. The Morgan fingerprint density at radius 1 is 1.19 bits per heavy atom. The molecule has 0 aliphatic carbocycles. The molecule has 0 saturated carbocycles. The minimum Gasteiger partial charge on any atom is -0.337 e. The summed E-state index contributed by atoms with van der Waals surface area (Å²) in [7, 11) is 0. The number of nitrogens with two attached hydrogens (primary N) is 1. The van der Waals surface area contributed by atoms with Gasteiger partial charge in [0.15, 0.2) is 0 Å². The first-order chi connectivity index (χ1) is 12.9. The predicted molar refractivity (Wildman–Crippen MR) is 106 cm³/mol. The van der Waals surface area contributed by atoms with Gasteiger partial charge in [-0.05, 0) is 69.7 Å². The van der Waals surface area contributed by atoms with Gasteiger partial charge in [0, 0.05) is 42.5 Å². The number of rotatable bonds is 2. The van der Waals surface area contributed by atoms with Crippen LogP contribution in [0.1, 0.15) is 55.5 Å². The summed E-state index contributed by atoms with van der Waals surface area (Å²) in [6, 6.07) is 6.75. The third kappa shape index (κ3) is 3.48. The van der Waals surface area contributed by atoms with Crippen LogP contribution < -0.4 is 11.1 Å². The summed E-state index contributed by atoms with van der Waals surface area (Å²) >= 11 is 0. The molecule has 146 valence electrons. The van der Waals surface area contributed by atoms with Crippen molar-refractivity contribution in [1.82, 2.24) is 9.80 Å². The zero-order valence-electron chi connectivity index (χ0n) is 16.3. The van der Waals surface area contributed by atoms with Gasteiger partial charge in [-0.2, -0.15) is 0 Å². The molecule has 0 radical (unpaired) electrons. The van der Waals surface area contributed by atoms with E-state index in [0.29, 0.717) is 36.5 Å². The second-order valence-electron chi connectivity index (χ2n) is 8.47. The Kier molecular flexibility index (Phi) is 4.95. The van der Waals surface area contributed by atoms with Crippen LogP contribution in [0, 0.1) is 0 Å². The maximum absolute atomic E-state index is 13.2. The van der Waals surface area contributed by atoms with Crippen molar-refractivity contribution in [3.05, 3.63) is 29.3 Å². The van der Waals surface area contributed by atoms with Gasteiger partial charge < -0.3 is 16.0 Å². The number of hydrogen-bond donors (Lipinski definition) is 2.